The third-order valence-electron chi connectivity index (χ3n) is 4.12. The fourth-order valence-electron chi connectivity index (χ4n) is 2.63. The van der Waals surface area contributed by atoms with E-state index in [1.807, 2.05) is 61.5 Å². The van der Waals surface area contributed by atoms with Crippen molar-refractivity contribution in [1.82, 2.24) is 15.5 Å². The van der Waals surface area contributed by atoms with Gasteiger partial charge in [-0.15, -0.1) is 11.3 Å². The summed E-state index contributed by atoms with van der Waals surface area (Å²) < 4.78 is 6.36. The summed E-state index contributed by atoms with van der Waals surface area (Å²) in [6, 6.07) is 19.3. The van der Waals surface area contributed by atoms with E-state index in [1.165, 1.54) is 16.9 Å². The van der Waals surface area contributed by atoms with E-state index in [0.717, 1.165) is 20.5 Å². The van der Waals surface area contributed by atoms with Gasteiger partial charge >= 0.3 is 0 Å². The highest BCUT2D eigenvalue weighted by Crippen LogP contribution is 2.28. The number of halogens is 1. The van der Waals surface area contributed by atoms with E-state index in [0.29, 0.717) is 23.1 Å². The lowest BCUT2D eigenvalue weighted by Gasteiger charge is -2.04. The van der Waals surface area contributed by atoms with Gasteiger partial charge in [0.05, 0.1) is 9.75 Å². The smallest absolute Gasteiger partial charge is 0.261 e. The monoisotopic (exact) mass is 453 g/mol. The minimum Gasteiger partial charge on any atom is -0.347 e. The Morgan fingerprint density at radius 1 is 1.14 bits per heavy atom. The van der Waals surface area contributed by atoms with Crippen molar-refractivity contribution >= 4 is 33.2 Å². The zero-order valence-corrected chi connectivity index (χ0v) is 17.4. The van der Waals surface area contributed by atoms with Gasteiger partial charge in [-0.25, -0.2) is 0 Å². The minimum absolute atomic E-state index is 0.126. The Morgan fingerprint density at radius 3 is 2.75 bits per heavy atom. The van der Waals surface area contributed by atoms with Gasteiger partial charge in [0, 0.05) is 16.6 Å². The fourth-order valence-corrected chi connectivity index (χ4v) is 3.93. The first kappa shape index (κ1) is 18.6. The van der Waals surface area contributed by atoms with Gasteiger partial charge in [-0.3, -0.25) is 4.79 Å². The van der Waals surface area contributed by atoms with E-state index >= 15 is 0 Å². The molecule has 4 aromatic rings. The largest absolute Gasteiger partial charge is 0.347 e. The number of benzene rings is 2. The molecule has 0 saturated carbocycles. The maximum atomic E-state index is 12.4. The quantitative estimate of drug-likeness (QED) is 0.435. The lowest BCUT2D eigenvalue weighted by molar-refractivity contribution is 0.0955. The zero-order chi connectivity index (χ0) is 19.5. The van der Waals surface area contributed by atoms with Gasteiger partial charge in [0.15, 0.2) is 0 Å². The highest BCUT2D eigenvalue weighted by atomic mass is 79.9. The van der Waals surface area contributed by atoms with Gasteiger partial charge in [0.1, 0.15) is 0 Å². The second kappa shape index (κ2) is 8.08. The Bertz CT molecular complexity index is 1120. The fraction of sp³-hybridized carbons (Fsp3) is 0.0952. The van der Waals surface area contributed by atoms with Crippen molar-refractivity contribution in [3.63, 3.8) is 0 Å². The summed E-state index contributed by atoms with van der Waals surface area (Å²) in [6.45, 7) is 2.49. The van der Waals surface area contributed by atoms with Crippen LogP contribution in [0.15, 0.2) is 69.7 Å². The van der Waals surface area contributed by atoms with E-state index in [9.17, 15) is 4.79 Å². The van der Waals surface area contributed by atoms with Gasteiger partial charge < -0.3 is 9.84 Å². The molecule has 0 spiro atoms. The molecule has 28 heavy (non-hydrogen) atoms. The summed E-state index contributed by atoms with van der Waals surface area (Å²) in [7, 11) is 0. The zero-order valence-electron chi connectivity index (χ0n) is 15.0. The molecule has 0 saturated heterocycles. The Hall–Kier alpha value is -2.77. The minimum atomic E-state index is -0.126. The third kappa shape index (κ3) is 4.21. The highest BCUT2D eigenvalue weighted by molar-refractivity contribution is 9.10. The van der Waals surface area contributed by atoms with E-state index < -0.39 is 0 Å². The number of amides is 1. The van der Waals surface area contributed by atoms with Crippen LogP contribution in [0.3, 0.4) is 0 Å². The number of hydrogen-bond acceptors (Lipinski definition) is 5. The van der Waals surface area contributed by atoms with Crippen LogP contribution in [-0.4, -0.2) is 16.0 Å². The molecule has 0 aliphatic rings. The lowest BCUT2D eigenvalue weighted by atomic mass is 10.1. The topological polar surface area (TPSA) is 68.0 Å². The molecule has 1 amide bonds. The third-order valence-corrected chi connectivity index (χ3v) is 5.69. The Balaban J connectivity index is 1.45. The molecule has 5 nitrogen and oxygen atoms in total. The Kier molecular flexibility index (Phi) is 5.36. The highest BCUT2D eigenvalue weighted by Gasteiger charge is 2.15. The lowest BCUT2D eigenvalue weighted by Crippen LogP contribution is -2.21. The molecule has 0 radical (unpaired) electrons. The molecule has 1 N–H and O–H groups in total. The average Bonchev–Trinajstić information content (AvgIpc) is 3.36. The molecule has 2 heterocycles. The van der Waals surface area contributed by atoms with Crippen LogP contribution in [0.1, 0.15) is 20.8 Å². The predicted octanol–water partition coefficient (Wildman–Crippen LogP) is 5.47. The first-order chi connectivity index (χ1) is 13.6. The number of nitrogens with one attached hydrogen (secondary N) is 1. The van der Waals surface area contributed by atoms with Crippen molar-refractivity contribution in [2.75, 3.05) is 0 Å². The van der Waals surface area contributed by atoms with E-state index in [-0.39, 0.29) is 5.91 Å². The van der Waals surface area contributed by atoms with Crippen molar-refractivity contribution in [2.45, 2.75) is 13.5 Å². The number of aromatic nitrogens is 2. The predicted molar refractivity (Wildman–Crippen MR) is 113 cm³/mol. The molecule has 0 atom stereocenters. The van der Waals surface area contributed by atoms with Gasteiger partial charge in [0.2, 0.25) is 5.82 Å². The van der Waals surface area contributed by atoms with Gasteiger partial charge in [0.25, 0.3) is 11.8 Å². The van der Waals surface area contributed by atoms with E-state index in [1.54, 1.807) is 6.07 Å². The summed E-state index contributed by atoms with van der Waals surface area (Å²) in [5, 5.41) is 6.98. The van der Waals surface area contributed by atoms with Crippen LogP contribution < -0.4 is 5.32 Å². The summed E-state index contributed by atoms with van der Waals surface area (Å²) in [5.41, 5.74) is 3.06. The Morgan fingerprint density at radius 2 is 1.96 bits per heavy atom. The Labute approximate surface area is 174 Å². The molecule has 2 aromatic carbocycles. The normalized spacial score (nSPS) is 10.8. The number of hydrogen-bond donors (Lipinski definition) is 1. The van der Waals surface area contributed by atoms with Gasteiger partial charge in [-0.1, -0.05) is 50.9 Å². The van der Waals surface area contributed by atoms with E-state index in [4.69, 9.17) is 4.52 Å². The maximum absolute atomic E-state index is 12.4. The summed E-state index contributed by atoms with van der Waals surface area (Å²) in [4.78, 5) is 18.3. The molecule has 0 aliphatic heterocycles. The number of carbonyl (C=O) groups is 1. The number of nitrogens with zero attached hydrogens (tertiary/aromatic N) is 2. The molecule has 4 rings (SSSR count). The summed E-state index contributed by atoms with van der Waals surface area (Å²) in [5.74, 6) is 0.814. The summed E-state index contributed by atoms with van der Waals surface area (Å²) in [6.07, 6.45) is 0. The van der Waals surface area contributed by atoms with Crippen LogP contribution in [0.4, 0.5) is 0 Å². The number of rotatable bonds is 5. The van der Waals surface area contributed by atoms with Crippen molar-refractivity contribution < 1.29 is 9.32 Å². The van der Waals surface area contributed by atoms with Crippen molar-refractivity contribution in [1.29, 1.82) is 0 Å². The molecule has 0 bridgehead atoms. The summed E-state index contributed by atoms with van der Waals surface area (Å²) >= 11 is 4.77. The van der Waals surface area contributed by atoms with Crippen LogP contribution in [-0.2, 0) is 6.54 Å². The average molecular weight is 454 g/mol. The maximum Gasteiger partial charge on any atom is 0.261 e. The van der Waals surface area contributed by atoms with Crippen LogP contribution in [0.25, 0.3) is 22.2 Å². The second-order valence-electron chi connectivity index (χ2n) is 6.27. The molecular formula is C21H16BrN3O2S. The number of thiophene rings is 1. The molecular weight excluding hydrogens is 438 g/mol. The number of carbonyl (C=O) groups excluding carboxylic acids is 1. The standard InChI is InChI=1S/C21H16BrN3O2S/c1-13-5-7-15(8-6-13)21-24-19(25-27-21)17-9-10-18(28-17)20(26)23-12-14-3-2-4-16(22)11-14/h2-11H,12H2,1H3,(H,23,26). The van der Waals surface area contributed by atoms with Crippen LogP contribution in [0, 0.1) is 6.92 Å². The van der Waals surface area contributed by atoms with Gasteiger partial charge in [-0.05, 0) is 48.9 Å². The molecule has 140 valence electrons. The first-order valence-corrected chi connectivity index (χ1v) is 10.2. The van der Waals surface area contributed by atoms with Crippen LogP contribution in [0.2, 0.25) is 0 Å². The molecule has 0 aliphatic carbocycles. The molecule has 7 heteroatoms. The van der Waals surface area contributed by atoms with Crippen molar-refractivity contribution in [3.05, 3.63) is 81.1 Å². The SMILES string of the molecule is Cc1ccc(-c2nc(-c3ccc(C(=O)NCc4cccc(Br)c4)s3)no2)cc1. The molecule has 0 unspecified atom stereocenters. The van der Waals surface area contributed by atoms with Crippen LogP contribution >= 0.6 is 27.3 Å². The van der Waals surface area contributed by atoms with Gasteiger partial charge in [-0.2, -0.15) is 4.98 Å². The van der Waals surface area contributed by atoms with E-state index in [2.05, 4.69) is 31.4 Å². The van der Waals surface area contributed by atoms with Crippen molar-refractivity contribution in [3.8, 4) is 22.2 Å². The molecule has 0 fully saturated rings. The first-order valence-electron chi connectivity index (χ1n) is 8.62. The van der Waals surface area contributed by atoms with Crippen molar-refractivity contribution in [2.24, 2.45) is 0 Å². The second-order valence-corrected chi connectivity index (χ2v) is 8.27. The van der Waals surface area contributed by atoms with Crippen LogP contribution in [0.5, 0.6) is 0 Å². The molecule has 2 aromatic heterocycles. The number of aryl methyl sites for hydroxylation is 1.